The number of halogens is 1. The van der Waals surface area contributed by atoms with E-state index in [1.807, 2.05) is 24.3 Å². The van der Waals surface area contributed by atoms with Crippen LogP contribution in [-0.4, -0.2) is 31.9 Å². The predicted octanol–water partition coefficient (Wildman–Crippen LogP) is 4.14. The SMILES string of the molecule is COc1ccc(CN(Cc2ccc(OC)cc2)S(=O)(=O)c2ccnc(Cl)c2)cc1. The van der Waals surface area contributed by atoms with Crippen LogP contribution in [0, 0.1) is 0 Å². The van der Waals surface area contributed by atoms with Gasteiger partial charge in [0.15, 0.2) is 0 Å². The van der Waals surface area contributed by atoms with Crippen molar-refractivity contribution in [2.24, 2.45) is 0 Å². The molecule has 0 spiro atoms. The zero-order chi connectivity index (χ0) is 20.9. The Balaban J connectivity index is 1.94. The summed E-state index contributed by atoms with van der Waals surface area (Å²) < 4.78 is 38.4. The summed E-state index contributed by atoms with van der Waals surface area (Å²) in [6, 6.07) is 17.4. The van der Waals surface area contributed by atoms with Crippen LogP contribution in [-0.2, 0) is 23.1 Å². The molecule has 0 atom stereocenters. The highest BCUT2D eigenvalue weighted by Gasteiger charge is 2.25. The first kappa shape index (κ1) is 21.1. The highest BCUT2D eigenvalue weighted by atomic mass is 35.5. The third-order valence-electron chi connectivity index (χ3n) is 4.37. The van der Waals surface area contributed by atoms with E-state index < -0.39 is 10.0 Å². The molecule has 3 aromatic rings. The number of ether oxygens (including phenoxy) is 2. The highest BCUT2D eigenvalue weighted by molar-refractivity contribution is 7.89. The second kappa shape index (κ2) is 9.26. The van der Waals surface area contributed by atoms with E-state index in [-0.39, 0.29) is 23.1 Å². The van der Waals surface area contributed by atoms with Gasteiger partial charge in [0.25, 0.3) is 0 Å². The van der Waals surface area contributed by atoms with Crippen LogP contribution in [0.2, 0.25) is 5.15 Å². The summed E-state index contributed by atoms with van der Waals surface area (Å²) in [6.45, 7) is 0.386. The lowest BCUT2D eigenvalue weighted by atomic mass is 10.2. The van der Waals surface area contributed by atoms with Crippen LogP contribution in [0.3, 0.4) is 0 Å². The molecule has 0 amide bonds. The topological polar surface area (TPSA) is 68.7 Å². The average Bonchev–Trinajstić information content (AvgIpc) is 2.74. The molecule has 1 heterocycles. The van der Waals surface area contributed by atoms with Gasteiger partial charge in [-0.05, 0) is 47.5 Å². The van der Waals surface area contributed by atoms with E-state index in [1.54, 1.807) is 38.5 Å². The van der Waals surface area contributed by atoms with Crippen molar-refractivity contribution < 1.29 is 17.9 Å². The van der Waals surface area contributed by atoms with E-state index in [4.69, 9.17) is 21.1 Å². The molecule has 0 saturated carbocycles. The van der Waals surface area contributed by atoms with Gasteiger partial charge in [0, 0.05) is 19.3 Å². The van der Waals surface area contributed by atoms with Crippen LogP contribution in [0.1, 0.15) is 11.1 Å². The van der Waals surface area contributed by atoms with E-state index in [0.29, 0.717) is 11.5 Å². The minimum Gasteiger partial charge on any atom is -0.497 e. The van der Waals surface area contributed by atoms with E-state index in [1.165, 1.54) is 22.6 Å². The molecule has 1 aromatic heterocycles. The molecular formula is C21H21ClN2O4S. The average molecular weight is 433 g/mol. The van der Waals surface area contributed by atoms with Crippen molar-refractivity contribution in [1.82, 2.24) is 9.29 Å². The van der Waals surface area contributed by atoms with Crippen molar-refractivity contribution in [3.05, 3.63) is 83.1 Å². The van der Waals surface area contributed by atoms with Gasteiger partial charge in [-0.1, -0.05) is 35.9 Å². The molecule has 0 unspecified atom stereocenters. The maximum Gasteiger partial charge on any atom is 0.243 e. The maximum atomic E-state index is 13.3. The summed E-state index contributed by atoms with van der Waals surface area (Å²) in [6.07, 6.45) is 1.38. The van der Waals surface area contributed by atoms with Crippen LogP contribution >= 0.6 is 11.6 Å². The van der Waals surface area contributed by atoms with Gasteiger partial charge < -0.3 is 9.47 Å². The molecule has 0 aliphatic carbocycles. The number of aromatic nitrogens is 1. The van der Waals surface area contributed by atoms with Crippen molar-refractivity contribution in [1.29, 1.82) is 0 Å². The van der Waals surface area contributed by atoms with Gasteiger partial charge in [0.1, 0.15) is 16.7 Å². The van der Waals surface area contributed by atoms with Crippen molar-refractivity contribution >= 4 is 21.6 Å². The molecule has 0 bridgehead atoms. The Morgan fingerprint density at radius 3 is 1.76 bits per heavy atom. The number of methoxy groups -OCH3 is 2. The van der Waals surface area contributed by atoms with Crippen LogP contribution < -0.4 is 9.47 Å². The molecule has 0 radical (unpaired) electrons. The van der Waals surface area contributed by atoms with Crippen LogP contribution in [0.5, 0.6) is 11.5 Å². The molecule has 0 saturated heterocycles. The van der Waals surface area contributed by atoms with Gasteiger partial charge in [-0.3, -0.25) is 0 Å². The third kappa shape index (κ3) is 5.26. The number of sulfonamides is 1. The first-order valence-electron chi connectivity index (χ1n) is 8.80. The lowest BCUT2D eigenvalue weighted by molar-refractivity contribution is 0.397. The molecule has 2 aromatic carbocycles. The number of pyridine rings is 1. The summed E-state index contributed by atoms with van der Waals surface area (Å²) in [7, 11) is -0.633. The summed E-state index contributed by atoms with van der Waals surface area (Å²) >= 11 is 5.92. The lowest BCUT2D eigenvalue weighted by Crippen LogP contribution is -2.30. The number of benzene rings is 2. The van der Waals surface area contributed by atoms with E-state index in [2.05, 4.69) is 4.98 Å². The standard InChI is InChI=1S/C21H21ClN2O4S/c1-27-18-7-3-16(4-8-18)14-24(15-17-5-9-19(28-2)10-6-17)29(25,26)20-11-12-23-21(22)13-20/h3-13H,14-15H2,1-2H3. The number of hydrogen-bond donors (Lipinski definition) is 0. The molecule has 29 heavy (non-hydrogen) atoms. The van der Waals surface area contributed by atoms with E-state index >= 15 is 0 Å². The third-order valence-corrected chi connectivity index (χ3v) is 6.37. The Labute approximate surface area is 175 Å². The molecule has 8 heteroatoms. The smallest absolute Gasteiger partial charge is 0.243 e. The van der Waals surface area contributed by atoms with Gasteiger partial charge in [-0.25, -0.2) is 13.4 Å². The predicted molar refractivity (Wildman–Crippen MR) is 112 cm³/mol. The monoisotopic (exact) mass is 432 g/mol. The second-order valence-corrected chi connectivity index (χ2v) is 8.61. The molecule has 0 aliphatic heterocycles. The summed E-state index contributed by atoms with van der Waals surface area (Å²) in [5.41, 5.74) is 1.67. The maximum absolute atomic E-state index is 13.3. The van der Waals surface area contributed by atoms with Gasteiger partial charge in [0.2, 0.25) is 10.0 Å². The Hall–Kier alpha value is -2.61. The molecule has 0 fully saturated rings. The molecule has 0 N–H and O–H groups in total. The molecule has 0 aliphatic rings. The van der Waals surface area contributed by atoms with E-state index in [0.717, 1.165) is 11.1 Å². The first-order valence-corrected chi connectivity index (χ1v) is 10.6. The van der Waals surface area contributed by atoms with Gasteiger partial charge >= 0.3 is 0 Å². The quantitative estimate of drug-likeness (QED) is 0.500. The van der Waals surface area contributed by atoms with Gasteiger partial charge in [0.05, 0.1) is 19.1 Å². The van der Waals surface area contributed by atoms with Crippen LogP contribution in [0.15, 0.2) is 71.8 Å². The summed E-state index contributed by atoms with van der Waals surface area (Å²) in [4.78, 5) is 3.97. The number of rotatable bonds is 8. The normalized spacial score (nSPS) is 11.4. The van der Waals surface area contributed by atoms with E-state index in [9.17, 15) is 8.42 Å². The van der Waals surface area contributed by atoms with Crippen LogP contribution in [0.25, 0.3) is 0 Å². The van der Waals surface area contributed by atoms with Crippen molar-refractivity contribution in [3.8, 4) is 11.5 Å². The van der Waals surface area contributed by atoms with Crippen molar-refractivity contribution in [2.75, 3.05) is 14.2 Å². The Kier molecular flexibility index (Phi) is 6.74. The Morgan fingerprint density at radius 2 is 1.34 bits per heavy atom. The highest BCUT2D eigenvalue weighted by Crippen LogP contribution is 2.24. The van der Waals surface area contributed by atoms with Crippen molar-refractivity contribution in [2.45, 2.75) is 18.0 Å². The molecule has 6 nitrogen and oxygen atoms in total. The molecule has 152 valence electrons. The number of hydrogen-bond acceptors (Lipinski definition) is 5. The minimum absolute atomic E-state index is 0.0968. The second-order valence-electron chi connectivity index (χ2n) is 6.28. The number of nitrogens with zero attached hydrogens (tertiary/aromatic N) is 2. The van der Waals surface area contributed by atoms with Crippen molar-refractivity contribution in [3.63, 3.8) is 0 Å². The minimum atomic E-state index is -3.80. The first-order chi connectivity index (χ1) is 13.9. The fourth-order valence-electron chi connectivity index (χ4n) is 2.79. The van der Waals surface area contributed by atoms with Crippen LogP contribution in [0.4, 0.5) is 0 Å². The molecule has 3 rings (SSSR count). The largest absolute Gasteiger partial charge is 0.497 e. The zero-order valence-corrected chi connectivity index (χ0v) is 17.7. The fourth-order valence-corrected chi connectivity index (χ4v) is 4.46. The Morgan fingerprint density at radius 1 is 0.862 bits per heavy atom. The Bertz CT molecular complexity index is 1010. The fraction of sp³-hybridized carbons (Fsp3) is 0.190. The van der Waals surface area contributed by atoms with Gasteiger partial charge in [-0.2, -0.15) is 4.31 Å². The lowest BCUT2D eigenvalue weighted by Gasteiger charge is -2.23. The zero-order valence-electron chi connectivity index (χ0n) is 16.1. The molecular weight excluding hydrogens is 412 g/mol. The van der Waals surface area contributed by atoms with Gasteiger partial charge in [-0.15, -0.1) is 0 Å². The summed E-state index contributed by atoms with van der Waals surface area (Å²) in [5, 5.41) is 0.125. The summed E-state index contributed by atoms with van der Waals surface area (Å²) in [5.74, 6) is 1.42.